The zero-order chi connectivity index (χ0) is 16.4. The van der Waals surface area contributed by atoms with Gasteiger partial charge in [0.2, 0.25) is 0 Å². The molecule has 0 spiro atoms. The number of amides is 1. The summed E-state index contributed by atoms with van der Waals surface area (Å²) in [6, 6.07) is 20.2. The zero-order valence-electron chi connectivity index (χ0n) is 13.5. The smallest absolute Gasteiger partial charge is 0.268 e. The second kappa shape index (κ2) is 6.39. The SMILES string of the molecule is Cc1ccc(N(C)C(=O)c2ccc(-c3ccccc3C)s2)cc1. The number of aryl methyl sites for hydroxylation is 2. The van der Waals surface area contributed by atoms with Crippen LogP contribution in [0.5, 0.6) is 0 Å². The first-order valence-corrected chi connectivity index (χ1v) is 8.38. The quantitative estimate of drug-likeness (QED) is 0.640. The molecule has 0 aliphatic heterocycles. The van der Waals surface area contributed by atoms with Crippen molar-refractivity contribution in [2.24, 2.45) is 0 Å². The maximum atomic E-state index is 12.7. The minimum Gasteiger partial charge on any atom is -0.311 e. The van der Waals surface area contributed by atoms with E-state index in [0.717, 1.165) is 15.4 Å². The van der Waals surface area contributed by atoms with E-state index in [1.165, 1.54) is 16.7 Å². The largest absolute Gasteiger partial charge is 0.311 e. The molecule has 0 bridgehead atoms. The highest BCUT2D eigenvalue weighted by atomic mass is 32.1. The highest BCUT2D eigenvalue weighted by Gasteiger charge is 2.16. The van der Waals surface area contributed by atoms with E-state index in [1.807, 2.05) is 62.5 Å². The van der Waals surface area contributed by atoms with Gasteiger partial charge >= 0.3 is 0 Å². The Morgan fingerprint density at radius 3 is 2.30 bits per heavy atom. The van der Waals surface area contributed by atoms with Gasteiger partial charge in [-0.25, -0.2) is 0 Å². The van der Waals surface area contributed by atoms with Crippen molar-refractivity contribution >= 4 is 22.9 Å². The average Bonchev–Trinajstić information content (AvgIpc) is 3.04. The fourth-order valence-electron chi connectivity index (χ4n) is 2.50. The van der Waals surface area contributed by atoms with Gasteiger partial charge in [-0.1, -0.05) is 42.0 Å². The molecule has 3 aromatic rings. The normalized spacial score (nSPS) is 10.6. The third-order valence-electron chi connectivity index (χ3n) is 3.95. The Kier molecular flexibility index (Phi) is 4.30. The van der Waals surface area contributed by atoms with Crippen molar-refractivity contribution < 1.29 is 4.79 Å². The molecule has 1 amide bonds. The van der Waals surface area contributed by atoms with E-state index in [9.17, 15) is 4.79 Å². The number of carbonyl (C=O) groups excluding carboxylic acids is 1. The van der Waals surface area contributed by atoms with Crippen molar-refractivity contribution in [3.8, 4) is 10.4 Å². The molecule has 3 heteroatoms. The summed E-state index contributed by atoms with van der Waals surface area (Å²) < 4.78 is 0. The molecule has 0 aliphatic carbocycles. The molecular weight excluding hydrogens is 302 g/mol. The Labute approximate surface area is 141 Å². The van der Waals surface area contributed by atoms with Crippen molar-refractivity contribution in [3.63, 3.8) is 0 Å². The molecule has 2 nitrogen and oxygen atoms in total. The van der Waals surface area contributed by atoms with Crippen LogP contribution in [0.2, 0.25) is 0 Å². The van der Waals surface area contributed by atoms with Crippen LogP contribution in [-0.2, 0) is 0 Å². The molecule has 0 fully saturated rings. The summed E-state index contributed by atoms with van der Waals surface area (Å²) in [5.74, 6) is 0.0266. The number of hydrogen-bond donors (Lipinski definition) is 0. The van der Waals surface area contributed by atoms with Crippen LogP contribution in [0.15, 0.2) is 60.7 Å². The third-order valence-corrected chi connectivity index (χ3v) is 5.06. The van der Waals surface area contributed by atoms with Gasteiger partial charge in [0.05, 0.1) is 4.88 Å². The van der Waals surface area contributed by atoms with Gasteiger partial charge in [-0.2, -0.15) is 0 Å². The third kappa shape index (κ3) is 3.20. The molecule has 3 rings (SSSR count). The van der Waals surface area contributed by atoms with Crippen LogP contribution >= 0.6 is 11.3 Å². The molecular formula is C20H19NOS. The van der Waals surface area contributed by atoms with Crippen LogP contribution in [0, 0.1) is 13.8 Å². The first kappa shape index (κ1) is 15.5. The Morgan fingerprint density at radius 2 is 1.61 bits per heavy atom. The van der Waals surface area contributed by atoms with E-state index in [-0.39, 0.29) is 5.91 Å². The second-order valence-electron chi connectivity index (χ2n) is 5.68. The molecule has 1 aromatic heterocycles. The van der Waals surface area contributed by atoms with E-state index in [2.05, 4.69) is 19.1 Å². The van der Waals surface area contributed by atoms with E-state index in [1.54, 1.807) is 16.2 Å². The highest BCUT2D eigenvalue weighted by molar-refractivity contribution is 7.17. The second-order valence-corrected chi connectivity index (χ2v) is 6.76. The van der Waals surface area contributed by atoms with Gasteiger partial charge in [0.1, 0.15) is 0 Å². The van der Waals surface area contributed by atoms with Gasteiger partial charge in [-0.3, -0.25) is 4.79 Å². The zero-order valence-corrected chi connectivity index (χ0v) is 14.4. The fraction of sp³-hybridized carbons (Fsp3) is 0.150. The first-order valence-electron chi connectivity index (χ1n) is 7.57. The van der Waals surface area contributed by atoms with Gasteiger partial charge in [0.25, 0.3) is 5.91 Å². The number of rotatable bonds is 3. The molecule has 0 saturated heterocycles. The number of nitrogens with zero attached hydrogens (tertiary/aromatic N) is 1. The number of carbonyl (C=O) groups is 1. The molecule has 1 heterocycles. The summed E-state index contributed by atoms with van der Waals surface area (Å²) in [5.41, 5.74) is 4.51. The molecule has 116 valence electrons. The molecule has 0 saturated carbocycles. The topological polar surface area (TPSA) is 20.3 Å². The van der Waals surface area contributed by atoms with Gasteiger partial charge in [0.15, 0.2) is 0 Å². The van der Waals surface area contributed by atoms with Gasteiger partial charge in [-0.05, 0) is 49.2 Å². The number of anilines is 1. The van der Waals surface area contributed by atoms with Gasteiger partial charge in [0, 0.05) is 17.6 Å². The standard InChI is InChI=1S/C20H19NOS/c1-14-8-10-16(11-9-14)21(3)20(22)19-13-12-18(23-19)17-7-5-4-6-15(17)2/h4-13H,1-3H3. The lowest BCUT2D eigenvalue weighted by Crippen LogP contribution is -2.25. The lowest BCUT2D eigenvalue weighted by Gasteiger charge is -2.16. The van der Waals surface area contributed by atoms with E-state index in [4.69, 9.17) is 0 Å². The van der Waals surface area contributed by atoms with E-state index in [0.29, 0.717) is 0 Å². The van der Waals surface area contributed by atoms with Crippen LogP contribution in [0.25, 0.3) is 10.4 Å². The molecule has 0 unspecified atom stereocenters. The van der Waals surface area contributed by atoms with Crippen molar-refractivity contribution in [2.45, 2.75) is 13.8 Å². The average molecular weight is 321 g/mol. The monoisotopic (exact) mass is 321 g/mol. The van der Waals surface area contributed by atoms with Gasteiger partial charge in [-0.15, -0.1) is 11.3 Å². The van der Waals surface area contributed by atoms with Crippen LogP contribution in [0.4, 0.5) is 5.69 Å². The molecule has 0 radical (unpaired) electrons. The summed E-state index contributed by atoms with van der Waals surface area (Å²) in [4.78, 5) is 16.3. The predicted octanol–water partition coefficient (Wildman–Crippen LogP) is 5.31. The lowest BCUT2D eigenvalue weighted by molar-refractivity contribution is 0.0997. The predicted molar refractivity (Wildman–Crippen MR) is 98.4 cm³/mol. The Morgan fingerprint density at radius 1 is 0.913 bits per heavy atom. The molecule has 0 atom stereocenters. The van der Waals surface area contributed by atoms with Crippen molar-refractivity contribution in [1.29, 1.82) is 0 Å². The molecule has 23 heavy (non-hydrogen) atoms. The van der Waals surface area contributed by atoms with Crippen LogP contribution in [-0.4, -0.2) is 13.0 Å². The van der Waals surface area contributed by atoms with Crippen LogP contribution in [0.1, 0.15) is 20.8 Å². The Balaban J connectivity index is 1.86. The maximum absolute atomic E-state index is 12.7. The summed E-state index contributed by atoms with van der Waals surface area (Å²) >= 11 is 1.54. The first-order chi connectivity index (χ1) is 11.1. The van der Waals surface area contributed by atoms with E-state index < -0.39 is 0 Å². The summed E-state index contributed by atoms with van der Waals surface area (Å²) in [7, 11) is 1.82. The minimum atomic E-state index is 0.0266. The molecule has 0 aliphatic rings. The van der Waals surface area contributed by atoms with Gasteiger partial charge < -0.3 is 4.90 Å². The molecule has 0 N–H and O–H groups in total. The van der Waals surface area contributed by atoms with E-state index >= 15 is 0 Å². The van der Waals surface area contributed by atoms with Crippen LogP contribution in [0.3, 0.4) is 0 Å². The maximum Gasteiger partial charge on any atom is 0.268 e. The summed E-state index contributed by atoms with van der Waals surface area (Å²) in [6.07, 6.45) is 0. The fourth-order valence-corrected chi connectivity index (χ4v) is 3.57. The minimum absolute atomic E-state index is 0.0266. The number of thiophene rings is 1. The van der Waals surface area contributed by atoms with Crippen LogP contribution < -0.4 is 4.90 Å². The number of hydrogen-bond acceptors (Lipinski definition) is 2. The Bertz CT molecular complexity index is 833. The van der Waals surface area contributed by atoms with Crippen molar-refractivity contribution in [1.82, 2.24) is 0 Å². The summed E-state index contributed by atoms with van der Waals surface area (Å²) in [6.45, 7) is 4.13. The van der Waals surface area contributed by atoms with Crippen molar-refractivity contribution in [2.75, 3.05) is 11.9 Å². The van der Waals surface area contributed by atoms with Crippen molar-refractivity contribution in [3.05, 3.63) is 76.7 Å². The number of benzene rings is 2. The Hall–Kier alpha value is -2.39. The molecule has 2 aromatic carbocycles. The summed E-state index contributed by atoms with van der Waals surface area (Å²) in [5, 5.41) is 0. The lowest BCUT2D eigenvalue weighted by atomic mass is 10.1. The highest BCUT2D eigenvalue weighted by Crippen LogP contribution is 2.31.